The van der Waals surface area contributed by atoms with Crippen LogP contribution >= 0.6 is 0 Å². The molecule has 0 spiro atoms. The highest BCUT2D eigenvalue weighted by atomic mass is 16.5. The fourth-order valence-corrected chi connectivity index (χ4v) is 2.68. The Bertz CT molecular complexity index is 473. The van der Waals surface area contributed by atoms with E-state index in [0.29, 0.717) is 18.9 Å². The van der Waals surface area contributed by atoms with Crippen molar-refractivity contribution in [3.05, 3.63) is 29.8 Å². The quantitative estimate of drug-likeness (QED) is 0.834. The van der Waals surface area contributed by atoms with Crippen molar-refractivity contribution in [3.8, 4) is 5.75 Å². The van der Waals surface area contributed by atoms with Crippen LogP contribution < -0.4 is 5.32 Å². The SMILES string of the molecule is CC(C)CN1CCOC(CNC(=O)Cc2ccc(O)cc2)C1. The first kappa shape index (κ1) is 16.8. The third-order valence-corrected chi connectivity index (χ3v) is 3.67. The zero-order valence-corrected chi connectivity index (χ0v) is 13.4. The highest BCUT2D eigenvalue weighted by molar-refractivity contribution is 5.78. The van der Waals surface area contributed by atoms with Crippen LogP contribution in [-0.2, 0) is 16.0 Å². The van der Waals surface area contributed by atoms with E-state index in [1.807, 2.05) is 0 Å². The normalized spacial score (nSPS) is 19.3. The number of hydrogen-bond acceptors (Lipinski definition) is 4. The zero-order chi connectivity index (χ0) is 15.9. The molecular formula is C17H26N2O3. The number of rotatable bonds is 6. The molecule has 5 heteroatoms. The Morgan fingerprint density at radius 1 is 1.41 bits per heavy atom. The summed E-state index contributed by atoms with van der Waals surface area (Å²) >= 11 is 0. The third-order valence-electron chi connectivity index (χ3n) is 3.67. The van der Waals surface area contributed by atoms with Crippen molar-refractivity contribution in [2.24, 2.45) is 5.92 Å². The lowest BCUT2D eigenvalue weighted by molar-refractivity contribution is -0.121. The number of phenols is 1. The molecule has 1 saturated heterocycles. The molecule has 2 N–H and O–H groups in total. The summed E-state index contributed by atoms with van der Waals surface area (Å²) in [6.45, 7) is 8.61. The van der Waals surface area contributed by atoms with Crippen LogP contribution in [0.3, 0.4) is 0 Å². The van der Waals surface area contributed by atoms with Crippen LogP contribution in [-0.4, -0.2) is 54.8 Å². The second-order valence-electron chi connectivity index (χ2n) is 6.29. The van der Waals surface area contributed by atoms with Crippen LogP contribution in [0, 0.1) is 5.92 Å². The fraction of sp³-hybridized carbons (Fsp3) is 0.588. The average Bonchev–Trinajstić information content (AvgIpc) is 2.47. The third kappa shape index (κ3) is 5.66. The second kappa shape index (κ2) is 8.15. The number of carbonyl (C=O) groups is 1. The topological polar surface area (TPSA) is 61.8 Å². The molecule has 0 saturated carbocycles. The number of aromatic hydroxyl groups is 1. The van der Waals surface area contributed by atoms with E-state index >= 15 is 0 Å². The van der Waals surface area contributed by atoms with Crippen molar-refractivity contribution >= 4 is 5.91 Å². The number of nitrogens with zero attached hydrogens (tertiary/aromatic N) is 1. The largest absolute Gasteiger partial charge is 0.508 e. The van der Waals surface area contributed by atoms with Crippen LogP contribution in [0.5, 0.6) is 5.75 Å². The van der Waals surface area contributed by atoms with Gasteiger partial charge >= 0.3 is 0 Å². The molecule has 1 unspecified atom stereocenters. The number of ether oxygens (including phenoxy) is 1. The summed E-state index contributed by atoms with van der Waals surface area (Å²) in [5.41, 5.74) is 0.890. The summed E-state index contributed by atoms with van der Waals surface area (Å²) in [6.07, 6.45) is 0.388. The molecule has 122 valence electrons. The molecule has 0 bridgehead atoms. The number of nitrogens with one attached hydrogen (secondary N) is 1. The number of morpholine rings is 1. The summed E-state index contributed by atoms with van der Waals surface area (Å²) < 4.78 is 5.72. The Hall–Kier alpha value is -1.59. The molecule has 1 fully saturated rings. The standard InChI is InChI=1S/C17H26N2O3/c1-13(2)11-19-7-8-22-16(12-19)10-18-17(21)9-14-3-5-15(20)6-4-14/h3-6,13,16,20H,7-12H2,1-2H3,(H,18,21). The van der Waals surface area contributed by atoms with Crippen molar-refractivity contribution in [2.45, 2.75) is 26.4 Å². The number of hydrogen-bond donors (Lipinski definition) is 2. The van der Waals surface area contributed by atoms with Gasteiger partial charge in [0, 0.05) is 26.2 Å². The molecule has 1 aliphatic heterocycles. The van der Waals surface area contributed by atoms with E-state index < -0.39 is 0 Å². The zero-order valence-electron chi connectivity index (χ0n) is 13.4. The van der Waals surface area contributed by atoms with Gasteiger partial charge < -0.3 is 15.2 Å². The molecule has 2 rings (SSSR count). The minimum Gasteiger partial charge on any atom is -0.508 e. The van der Waals surface area contributed by atoms with Crippen LogP contribution in [0.25, 0.3) is 0 Å². The van der Waals surface area contributed by atoms with E-state index in [9.17, 15) is 9.90 Å². The molecule has 1 aliphatic rings. The predicted octanol–water partition coefficient (Wildman–Crippen LogP) is 1.41. The number of benzene rings is 1. The van der Waals surface area contributed by atoms with Gasteiger partial charge in [-0.2, -0.15) is 0 Å². The van der Waals surface area contributed by atoms with Crippen molar-refractivity contribution in [2.75, 3.05) is 32.8 Å². The van der Waals surface area contributed by atoms with E-state index in [2.05, 4.69) is 24.1 Å². The predicted molar refractivity (Wildman–Crippen MR) is 85.8 cm³/mol. The van der Waals surface area contributed by atoms with Gasteiger partial charge in [-0.15, -0.1) is 0 Å². The summed E-state index contributed by atoms with van der Waals surface area (Å²) in [7, 11) is 0. The van der Waals surface area contributed by atoms with Gasteiger partial charge in [0.25, 0.3) is 0 Å². The first-order valence-electron chi connectivity index (χ1n) is 7.91. The maximum absolute atomic E-state index is 12.0. The average molecular weight is 306 g/mol. The summed E-state index contributed by atoms with van der Waals surface area (Å²) in [4.78, 5) is 14.4. The molecule has 1 aromatic carbocycles. The van der Waals surface area contributed by atoms with Gasteiger partial charge in [0.1, 0.15) is 5.75 Å². The molecule has 0 radical (unpaired) electrons. The Morgan fingerprint density at radius 2 is 2.14 bits per heavy atom. The van der Waals surface area contributed by atoms with Crippen molar-refractivity contribution in [3.63, 3.8) is 0 Å². The minimum atomic E-state index is -0.0183. The minimum absolute atomic E-state index is 0.0183. The van der Waals surface area contributed by atoms with Gasteiger partial charge in [0.15, 0.2) is 0 Å². The Morgan fingerprint density at radius 3 is 2.82 bits per heavy atom. The molecule has 1 heterocycles. The highest BCUT2D eigenvalue weighted by Crippen LogP contribution is 2.10. The molecule has 22 heavy (non-hydrogen) atoms. The lowest BCUT2D eigenvalue weighted by Gasteiger charge is -2.33. The van der Waals surface area contributed by atoms with E-state index in [1.54, 1.807) is 24.3 Å². The van der Waals surface area contributed by atoms with Gasteiger partial charge in [-0.1, -0.05) is 26.0 Å². The molecule has 1 aromatic rings. The molecule has 1 atom stereocenters. The van der Waals surface area contributed by atoms with E-state index in [-0.39, 0.29) is 17.8 Å². The number of carbonyl (C=O) groups excluding carboxylic acids is 1. The van der Waals surface area contributed by atoms with Crippen LogP contribution in [0.1, 0.15) is 19.4 Å². The lowest BCUT2D eigenvalue weighted by Crippen LogP contribution is -2.48. The molecule has 5 nitrogen and oxygen atoms in total. The van der Waals surface area contributed by atoms with Gasteiger partial charge in [-0.3, -0.25) is 9.69 Å². The van der Waals surface area contributed by atoms with E-state index in [4.69, 9.17) is 4.74 Å². The fourth-order valence-electron chi connectivity index (χ4n) is 2.68. The molecule has 1 amide bonds. The van der Waals surface area contributed by atoms with Crippen LogP contribution in [0.2, 0.25) is 0 Å². The highest BCUT2D eigenvalue weighted by Gasteiger charge is 2.21. The maximum atomic E-state index is 12.0. The summed E-state index contributed by atoms with van der Waals surface area (Å²) in [5, 5.41) is 12.2. The van der Waals surface area contributed by atoms with Crippen molar-refractivity contribution in [1.82, 2.24) is 10.2 Å². The Balaban J connectivity index is 1.72. The van der Waals surface area contributed by atoms with Gasteiger partial charge in [0.05, 0.1) is 19.1 Å². The van der Waals surface area contributed by atoms with Crippen molar-refractivity contribution < 1.29 is 14.6 Å². The number of amides is 1. The van der Waals surface area contributed by atoms with Crippen LogP contribution in [0.15, 0.2) is 24.3 Å². The van der Waals surface area contributed by atoms with Crippen LogP contribution in [0.4, 0.5) is 0 Å². The first-order valence-corrected chi connectivity index (χ1v) is 7.91. The van der Waals surface area contributed by atoms with Gasteiger partial charge in [0.2, 0.25) is 5.91 Å². The number of phenolic OH excluding ortho intramolecular Hbond substituents is 1. The smallest absolute Gasteiger partial charge is 0.224 e. The lowest BCUT2D eigenvalue weighted by atomic mass is 10.1. The Kier molecular flexibility index (Phi) is 6.21. The monoisotopic (exact) mass is 306 g/mol. The molecule has 0 aromatic heterocycles. The molecule has 0 aliphatic carbocycles. The maximum Gasteiger partial charge on any atom is 0.224 e. The Labute approximate surface area is 132 Å². The van der Waals surface area contributed by atoms with E-state index in [1.165, 1.54) is 0 Å². The van der Waals surface area contributed by atoms with Gasteiger partial charge in [-0.05, 0) is 23.6 Å². The molecular weight excluding hydrogens is 280 g/mol. The van der Waals surface area contributed by atoms with Gasteiger partial charge in [-0.25, -0.2) is 0 Å². The summed E-state index contributed by atoms with van der Waals surface area (Å²) in [5.74, 6) is 0.836. The van der Waals surface area contributed by atoms with E-state index in [0.717, 1.165) is 31.8 Å². The summed E-state index contributed by atoms with van der Waals surface area (Å²) in [6, 6.07) is 6.71. The van der Waals surface area contributed by atoms with Crippen molar-refractivity contribution in [1.29, 1.82) is 0 Å². The second-order valence-corrected chi connectivity index (χ2v) is 6.29. The first-order chi connectivity index (χ1) is 10.5.